The van der Waals surface area contributed by atoms with Gasteiger partial charge < -0.3 is 9.73 Å². The standard InChI is InChI=1S/C13H14N2O/c1-2-11-10(14-5-1)7-12(16-11)13-8-3-4-9(6-8)15-13/h1-2,5,7-9,13,15H,3-4,6H2/t8-,9+,13?/m0/s1. The lowest BCUT2D eigenvalue weighted by atomic mass is 9.98. The smallest absolute Gasteiger partial charge is 0.152 e. The largest absolute Gasteiger partial charge is 0.458 e. The highest BCUT2D eigenvalue weighted by Gasteiger charge is 2.41. The molecule has 82 valence electrons. The molecule has 0 amide bonds. The number of piperidine rings is 1. The highest BCUT2D eigenvalue weighted by Crippen LogP contribution is 2.43. The number of hydrogen-bond acceptors (Lipinski definition) is 3. The summed E-state index contributed by atoms with van der Waals surface area (Å²) in [5.74, 6) is 1.84. The molecule has 2 bridgehead atoms. The van der Waals surface area contributed by atoms with Crippen LogP contribution in [-0.2, 0) is 0 Å². The fourth-order valence-corrected chi connectivity index (χ4v) is 3.22. The molecule has 1 N–H and O–H groups in total. The van der Waals surface area contributed by atoms with Gasteiger partial charge in [0.25, 0.3) is 0 Å². The van der Waals surface area contributed by atoms with Crippen LogP contribution in [0.2, 0.25) is 0 Å². The molecule has 1 aliphatic carbocycles. The van der Waals surface area contributed by atoms with Crippen molar-refractivity contribution in [1.82, 2.24) is 10.3 Å². The van der Waals surface area contributed by atoms with Crippen LogP contribution >= 0.6 is 0 Å². The van der Waals surface area contributed by atoms with Gasteiger partial charge >= 0.3 is 0 Å². The summed E-state index contributed by atoms with van der Waals surface area (Å²) in [5, 5.41) is 3.65. The van der Waals surface area contributed by atoms with Crippen molar-refractivity contribution in [2.24, 2.45) is 5.92 Å². The van der Waals surface area contributed by atoms with Crippen molar-refractivity contribution in [2.45, 2.75) is 31.3 Å². The molecule has 2 aliphatic rings. The molecule has 1 unspecified atom stereocenters. The number of hydrogen-bond donors (Lipinski definition) is 1. The Morgan fingerprint density at radius 2 is 2.38 bits per heavy atom. The molecule has 2 aromatic rings. The average molecular weight is 214 g/mol. The lowest BCUT2D eigenvalue weighted by molar-refractivity contribution is 0.340. The summed E-state index contributed by atoms with van der Waals surface area (Å²) in [6.07, 6.45) is 5.80. The van der Waals surface area contributed by atoms with E-state index in [1.807, 2.05) is 18.3 Å². The van der Waals surface area contributed by atoms with Crippen molar-refractivity contribution in [1.29, 1.82) is 0 Å². The van der Waals surface area contributed by atoms with E-state index in [-0.39, 0.29) is 0 Å². The van der Waals surface area contributed by atoms with E-state index in [0.717, 1.165) is 28.8 Å². The fourth-order valence-electron chi connectivity index (χ4n) is 3.22. The SMILES string of the molecule is c1cnc2cc(C3N[C@@H]4CC[C@H]3C4)oc2c1. The average Bonchev–Trinajstić information content (AvgIpc) is 3.02. The first-order valence-corrected chi connectivity index (χ1v) is 6.01. The Morgan fingerprint density at radius 3 is 3.12 bits per heavy atom. The van der Waals surface area contributed by atoms with Crippen LogP contribution in [0, 0.1) is 5.92 Å². The number of fused-ring (bicyclic) bond motifs is 3. The summed E-state index contributed by atoms with van der Waals surface area (Å²) < 4.78 is 5.88. The van der Waals surface area contributed by atoms with E-state index in [0.29, 0.717) is 6.04 Å². The Bertz CT molecular complexity index is 500. The maximum Gasteiger partial charge on any atom is 0.152 e. The third kappa shape index (κ3) is 1.15. The number of nitrogens with zero attached hydrogens (tertiary/aromatic N) is 1. The first-order chi connectivity index (χ1) is 7.90. The van der Waals surface area contributed by atoms with Gasteiger partial charge in [0.2, 0.25) is 0 Å². The van der Waals surface area contributed by atoms with Crippen LogP contribution in [0.4, 0.5) is 0 Å². The minimum Gasteiger partial charge on any atom is -0.458 e. The Balaban J connectivity index is 1.76. The zero-order valence-corrected chi connectivity index (χ0v) is 9.02. The first kappa shape index (κ1) is 8.76. The molecular weight excluding hydrogens is 200 g/mol. The molecule has 3 heterocycles. The van der Waals surface area contributed by atoms with Crippen molar-refractivity contribution in [3.05, 3.63) is 30.2 Å². The van der Waals surface area contributed by atoms with Gasteiger partial charge in [-0.15, -0.1) is 0 Å². The second-order valence-electron chi connectivity index (χ2n) is 4.95. The Hall–Kier alpha value is -1.35. The van der Waals surface area contributed by atoms with E-state index in [2.05, 4.69) is 16.4 Å². The normalized spacial score (nSPS) is 32.6. The van der Waals surface area contributed by atoms with Gasteiger partial charge in [0.05, 0.1) is 6.04 Å². The van der Waals surface area contributed by atoms with E-state index in [4.69, 9.17) is 4.42 Å². The van der Waals surface area contributed by atoms with Gasteiger partial charge in [-0.25, -0.2) is 0 Å². The monoisotopic (exact) mass is 214 g/mol. The van der Waals surface area contributed by atoms with Crippen molar-refractivity contribution >= 4 is 11.1 Å². The highest BCUT2D eigenvalue weighted by atomic mass is 16.3. The van der Waals surface area contributed by atoms with Gasteiger partial charge in [-0.3, -0.25) is 4.98 Å². The fraction of sp³-hybridized carbons (Fsp3) is 0.462. The minimum absolute atomic E-state index is 0.424. The second kappa shape index (κ2) is 3.08. The van der Waals surface area contributed by atoms with E-state index < -0.39 is 0 Å². The Morgan fingerprint density at radius 1 is 1.38 bits per heavy atom. The molecular formula is C13H14N2O. The Labute approximate surface area is 93.9 Å². The molecule has 2 fully saturated rings. The third-order valence-electron chi connectivity index (χ3n) is 3.97. The molecule has 1 aliphatic heterocycles. The van der Waals surface area contributed by atoms with Crippen LogP contribution < -0.4 is 5.32 Å². The summed E-state index contributed by atoms with van der Waals surface area (Å²) in [6, 6.07) is 7.14. The molecule has 4 rings (SSSR count). The predicted molar refractivity (Wildman–Crippen MR) is 61.0 cm³/mol. The van der Waals surface area contributed by atoms with Gasteiger partial charge in [-0.2, -0.15) is 0 Å². The van der Waals surface area contributed by atoms with E-state index >= 15 is 0 Å². The molecule has 0 radical (unpaired) electrons. The topological polar surface area (TPSA) is 38.1 Å². The zero-order valence-electron chi connectivity index (χ0n) is 9.02. The van der Waals surface area contributed by atoms with E-state index in [1.54, 1.807) is 0 Å². The molecule has 16 heavy (non-hydrogen) atoms. The highest BCUT2D eigenvalue weighted by molar-refractivity contribution is 5.72. The van der Waals surface area contributed by atoms with Crippen molar-refractivity contribution in [3.8, 4) is 0 Å². The van der Waals surface area contributed by atoms with Crippen LogP contribution in [0.3, 0.4) is 0 Å². The van der Waals surface area contributed by atoms with Crippen LogP contribution in [0.5, 0.6) is 0 Å². The lowest BCUT2D eigenvalue weighted by Gasteiger charge is -2.20. The summed E-state index contributed by atoms with van der Waals surface area (Å²) >= 11 is 0. The number of furan rings is 1. The molecule has 2 aromatic heterocycles. The molecule has 1 saturated heterocycles. The van der Waals surface area contributed by atoms with Crippen LogP contribution in [0.15, 0.2) is 28.8 Å². The van der Waals surface area contributed by atoms with Crippen molar-refractivity contribution < 1.29 is 4.42 Å². The van der Waals surface area contributed by atoms with Crippen LogP contribution in [0.1, 0.15) is 31.1 Å². The summed E-state index contributed by atoms with van der Waals surface area (Å²) in [5.41, 5.74) is 1.88. The number of rotatable bonds is 1. The molecule has 0 aromatic carbocycles. The molecule has 1 saturated carbocycles. The van der Waals surface area contributed by atoms with Crippen LogP contribution in [-0.4, -0.2) is 11.0 Å². The molecule has 3 nitrogen and oxygen atoms in total. The Kier molecular flexibility index (Phi) is 1.68. The number of nitrogens with one attached hydrogen (secondary N) is 1. The van der Waals surface area contributed by atoms with Crippen molar-refractivity contribution in [2.75, 3.05) is 0 Å². The molecule has 0 spiro atoms. The van der Waals surface area contributed by atoms with Gasteiger partial charge in [0.15, 0.2) is 5.58 Å². The maximum atomic E-state index is 5.88. The number of aromatic nitrogens is 1. The zero-order chi connectivity index (χ0) is 10.5. The maximum absolute atomic E-state index is 5.88. The van der Waals surface area contributed by atoms with Crippen molar-refractivity contribution in [3.63, 3.8) is 0 Å². The molecule has 3 atom stereocenters. The van der Waals surface area contributed by atoms with Gasteiger partial charge in [-0.1, -0.05) is 0 Å². The third-order valence-corrected chi connectivity index (χ3v) is 3.97. The van der Waals surface area contributed by atoms with Gasteiger partial charge in [-0.05, 0) is 37.3 Å². The summed E-state index contributed by atoms with van der Waals surface area (Å²) in [7, 11) is 0. The second-order valence-corrected chi connectivity index (χ2v) is 4.95. The summed E-state index contributed by atoms with van der Waals surface area (Å²) in [6.45, 7) is 0. The van der Waals surface area contributed by atoms with Gasteiger partial charge in [0, 0.05) is 18.3 Å². The number of pyridine rings is 1. The van der Waals surface area contributed by atoms with Gasteiger partial charge in [0.1, 0.15) is 11.3 Å². The first-order valence-electron chi connectivity index (χ1n) is 6.01. The van der Waals surface area contributed by atoms with E-state index in [1.165, 1.54) is 19.3 Å². The summed E-state index contributed by atoms with van der Waals surface area (Å²) in [4.78, 5) is 4.31. The molecule has 3 heteroatoms. The lowest BCUT2D eigenvalue weighted by Crippen LogP contribution is -2.28. The minimum atomic E-state index is 0.424. The van der Waals surface area contributed by atoms with E-state index in [9.17, 15) is 0 Å². The predicted octanol–water partition coefficient (Wildman–Crippen LogP) is 2.64. The van der Waals surface area contributed by atoms with Crippen LogP contribution in [0.25, 0.3) is 11.1 Å². The quantitative estimate of drug-likeness (QED) is 0.793.